The van der Waals surface area contributed by atoms with E-state index in [0.717, 1.165) is 4.47 Å². The Morgan fingerprint density at radius 2 is 1.90 bits per heavy atom. The first-order valence-electron chi connectivity index (χ1n) is 5.58. The van der Waals surface area contributed by atoms with Crippen molar-refractivity contribution in [3.8, 4) is 11.5 Å². The zero-order valence-corrected chi connectivity index (χ0v) is 12.6. The van der Waals surface area contributed by atoms with E-state index in [-0.39, 0.29) is 11.6 Å². The van der Waals surface area contributed by atoms with E-state index in [1.807, 2.05) is 0 Å². The molecule has 4 nitrogen and oxygen atoms in total. The van der Waals surface area contributed by atoms with Gasteiger partial charge in [-0.25, -0.2) is 4.39 Å². The van der Waals surface area contributed by atoms with Gasteiger partial charge in [-0.2, -0.15) is 4.39 Å². The number of nitro groups is 1. The molecule has 2 aromatic rings. The van der Waals surface area contributed by atoms with E-state index < -0.39 is 28.0 Å². The van der Waals surface area contributed by atoms with Crippen LogP contribution in [0.4, 0.5) is 14.5 Å². The number of halogens is 4. The third-order valence-corrected chi connectivity index (χ3v) is 3.37. The molecular formula is C13H7BrClF2NO3. The molecule has 0 fully saturated rings. The van der Waals surface area contributed by atoms with Crippen LogP contribution in [-0.2, 0) is 5.88 Å². The number of nitro benzene ring substituents is 1. The van der Waals surface area contributed by atoms with Gasteiger partial charge in [0.15, 0.2) is 11.6 Å². The van der Waals surface area contributed by atoms with E-state index in [1.54, 1.807) is 12.1 Å². The Labute approximate surface area is 131 Å². The molecule has 0 saturated carbocycles. The van der Waals surface area contributed by atoms with Crippen molar-refractivity contribution in [1.82, 2.24) is 0 Å². The van der Waals surface area contributed by atoms with Gasteiger partial charge >= 0.3 is 5.69 Å². The molecule has 0 aromatic heterocycles. The van der Waals surface area contributed by atoms with Gasteiger partial charge < -0.3 is 4.74 Å². The largest absolute Gasteiger partial charge is 0.454 e. The van der Waals surface area contributed by atoms with Crippen LogP contribution in [0.15, 0.2) is 34.8 Å². The molecular weight excluding hydrogens is 372 g/mol. The number of alkyl halides is 1. The van der Waals surface area contributed by atoms with Crippen molar-refractivity contribution in [2.75, 3.05) is 0 Å². The molecule has 0 spiro atoms. The summed E-state index contributed by atoms with van der Waals surface area (Å²) in [4.78, 5) is 9.51. The highest BCUT2D eigenvalue weighted by atomic mass is 79.9. The van der Waals surface area contributed by atoms with Crippen LogP contribution in [0.3, 0.4) is 0 Å². The van der Waals surface area contributed by atoms with Gasteiger partial charge in [0.05, 0.1) is 16.9 Å². The summed E-state index contributed by atoms with van der Waals surface area (Å²) in [6.07, 6.45) is 0. The predicted molar refractivity (Wildman–Crippen MR) is 76.8 cm³/mol. The first kappa shape index (κ1) is 15.7. The maximum atomic E-state index is 13.8. The van der Waals surface area contributed by atoms with Crippen molar-refractivity contribution >= 4 is 33.2 Å². The summed E-state index contributed by atoms with van der Waals surface area (Å²) >= 11 is 9.00. The van der Waals surface area contributed by atoms with Crippen molar-refractivity contribution in [1.29, 1.82) is 0 Å². The first-order chi connectivity index (χ1) is 9.92. The summed E-state index contributed by atoms with van der Waals surface area (Å²) in [5.74, 6) is -2.33. The quantitative estimate of drug-likeness (QED) is 0.419. The van der Waals surface area contributed by atoms with Crippen LogP contribution in [0.5, 0.6) is 11.5 Å². The Kier molecular flexibility index (Phi) is 4.74. The maximum absolute atomic E-state index is 13.8. The highest BCUT2D eigenvalue weighted by Crippen LogP contribution is 2.33. The van der Waals surface area contributed by atoms with Gasteiger partial charge in [-0.05, 0) is 18.2 Å². The van der Waals surface area contributed by atoms with Crippen molar-refractivity contribution in [3.63, 3.8) is 0 Å². The van der Waals surface area contributed by atoms with Crippen molar-refractivity contribution in [2.45, 2.75) is 5.88 Å². The lowest BCUT2D eigenvalue weighted by Gasteiger charge is -2.11. The highest BCUT2D eigenvalue weighted by Gasteiger charge is 2.20. The second-order valence-electron chi connectivity index (χ2n) is 3.98. The third-order valence-electron chi connectivity index (χ3n) is 2.58. The van der Waals surface area contributed by atoms with Crippen LogP contribution in [0.2, 0.25) is 0 Å². The van der Waals surface area contributed by atoms with Crippen LogP contribution in [0.25, 0.3) is 0 Å². The zero-order valence-electron chi connectivity index (χ0n) is 10.3. The standard InChI is InChI=1S/C13H7BrClF2NO3/c14-8-1-2-12(7(3-8)6-15)21-13-5-9(16)11(18(19)20)4-10(13)17/h1-5H,6H2. The van der Waals surface area contributed by atoms with Crippen LogP contribution in [0.1, 0.15) is 5.56 Å². The smallest absolute Gasteiger partial charge is 0.307 e. The third kappa shape index (κ3) is 3.48. The highest BCUT2D eigenvalue weighted by molar-refractivity contribution is 9.10. The lowest BCUT2D eigenvalue weighted by Crippen LogP contribution is -1.97. The van der Waals surface area contributed by atoms with E-state index in [4.69, 9.17) is 16.3 Å². The molecule has 0 bridgehead atoms. The summed E-state index contributed by atoms with van der Waals surface area (Å²) in [5.41, 5.74) is -0.391. The minimum atomic E-state index is -1.18. The van der Waals surface area contributed by atoms with E-state index in [1.165, 1.54) is 6.07 Å². The average molecular weight is 379 g/mol. The lowest BCUT2D eigenvalue weighted by molar-refractivity contribution is -0.387. The average Bonchev–Trinajstić information content (AvgIpc) is 2.43. The van der Waals surface area contributed by atoms with Crippen LogP contribution in [0, 0.1) is 21.7 Å². The minimum absolute atomic E-state index is 0.103. The molecule has 21 heavy (non-hydrogen) atoms. The van der Waals surface area contributed by atoms with Gasteiger partial charge in [0.25, 0.3) is 0 Å². The van der Waals surface area contributed by atoms with Gasteiger partial charge in [0, 0.05) is 16.1 Å². The number of ether oxygens (including phenoxy) is 1. The van der Waals surface area contributed by atoms with E-state index >= 15 is 0 Å². The van der Waals surface area contributed by atoms with E-state index in [9.17, 15) is 18.9 Å². The molecule has 2 aromatic carbocycles. The minimum Gasteiger partial charge on any atom is -0.454 e. The molecule has 0 heterocycles. The fraction of sp³-hybridized carbons (Fsp3) is 0.0769. The number of benzene rings is 2. The van der Waals surface area contributed by atoms with E-state index in [0.29, 0.717) is 17.7 Å². The molecule has 0 amide bonds. The topological polar surface area (TPSA) is 52.4 Å². The lowest BCUT2D eigenvalue weighted by atomic mass is 10.2. The van der Waals surface area contributed by atoms with Crippen molar-refractivity contribution in [3.05, 3.63) is 62.1 Å². The Morgan fingerprint density at radius 3 is 2.52 bits per heavy atom. The monoisotopic (exact) mass is 377 g/mol. The normalized spacial score (nSPS) is 10.5. The van der Waals surface area contributed by atoms with Gasteiger partial charge in [-0.1, -0.05) is 15.9 Å². The molecule has 0 radical (unpaired) electrons. The Bertz CT molecular complexity index is 712. The molecule has 2 rings (SSSR count). The fourth-order valence-corrected chi connectivity index (χ4v) is 2.22. The zero-order chi connectivity index (χ0) is 15.6. The van der Waals surface area contributed by atoms with Gasteiger partial charge in [0.1, 0.15) is 5.75 Å². The summed E-state index contributed by atoms with van der Waals surface area (Å²) in [7, 11) is 0. The number of hydrogen-bond acceptors (Lipinski definition) is 3. The summed E-state index contributed by atoms with van der Waals surface area (Å²) < 4.78 is 33.3. The Morgan fingerprint density at radius 1 is 1.19 bits per heavy atom. The van der Waals surface area contributed by atoms with Crippen molar-refractivity contribution in [2.24, 2.45) is 0 Å². The molecule has 8 heteroatoms. The Balaban J connectivity index is 2.41. The predicted octanol–water partition coefficient (Wildman–Crippen LogP) is 5.17. The molecule has 0 saturated heterocycles. The second-order valence-corrected chi connectivity index (χ2v) is 5.16. The van der Waals surface area contributed by atoms with Gasteiger partial charge in [-0.15, -0.1) is 11.6 Å². The van der Waals surface area contributed by atoms with E-state index in [2.05, 4.69) is 15.9 Å². The van der Waals surface area contributed by atoms with Crippen molar-refractivity contribution < 1.29 is 18.4 Å². The SMILES string of the molecule is O=[N+]([O-])c1cc(F)c(Oc2ccc(Br)cc2CCl)cc1F. The summed E-state index contributed by atoms with van der Waals surface area (Å²) in [6.45, 7) is 0. The van der Waals surface area contributed by atoms with Crippen LogP contribution in [-0.4, -0.2) is 4.92 Å². The molecule has 0 unspecified atom stereocenters. The van der Waals surface area contributed by atoms with Crippen LogP contribution < -0.4 is 4.74 Å². The number of rotatable bonds is 4. The summed E-state index contributed by atoms with van der Waals surface area (Å²) in [6, 6.07) is 5.95. The van der Waals surface area contributed by atoms with Crippen LogP contribution >= 0.6 is 27.5 Å². The molecule has 0 aliphatic carbocycles. The Hall–Kier alpha value is -1.73. The molecule has 110 valence electrons. The summed E-state index contributed by atoms with van der Waals surface area (Å²) in [5, 5.41) is 10.5. The molecule has 0 aliphatic heterocycles. The van der Waals surface area contributed by atoms with Gasteiger partial charge in [0.2, 0.25) is 5.82 Å². The number of hydrogen-bond donors (Lipinski definition) is 0. The molecule has 0 N–H and O–H groups in total. The number of nitrogens with zero attached hydrogens (tertiary/aromatic N) is 1. The molecule has 0 aliphatic rings. The van der Waals surface area contributed by atoms with Gasteiger partial charge in [-0.3, -0.25) is 10.1 Å². The fourth-order valence-electron chi connectivity index (χ4n) is 1.61. The second kappa shape index (κ2) is 6.36. The maximum Gasteiger partial charge on any atom is 0.307 e. The first-order valence-corrected chi connectivity index (χ1v) is 6.91. The molecule has 0 atom stereocenters.